The molecule has 0 aliphatic heterocycles. The van der Waals surface area contributed by atoms with E-state index in [4.69, 9.17) is 0 Å². The molecule has 0 bridgehead atoms. The molecule has 0 fully saturated rings. The summed E-state index contributed by atoms with van der Waals surface area (Å²) in [6.07, 6.45) is 0. The molecule has 0 aromatic heterocycles. The average Bonchev–Trinajstić information content (AvgIpc) is 2.63. The Hall–Kier alpha value is 0.865. The van der Waals surface area contributed by atoms with Gasteiger partial charge in [0.05, 0.1) is 0 Å². The normalized spacial score (nSPS) is 22.3. The minimum atomic E-state index is -1.16. The first-order chi connectivity index (χ1) is 9.44. The van der Waals surface area contributed by atoms with Gasteiger partial charge in [-0.1, -0.05) is 0 Å². The molecule has 0 N–H and O–H groups in total. The summed E-state index contributed by atoms with van der Waals surface area (Å²) in [5, 5.41) is 0. The Labute approximate surface area is 175 Å². The van der Waals surface area contributed by atoms with Gasteiger partial charge in [-0.05, 0) is 0 Å². The molecular formula is C20H30Cl2Th. The second-order valence-electron chi connectivity index (χ2n) is 7.88. The minimum Gasteiger partial charge on any atom is -1.00 e. The van der Waals surface area contributed by atoms with E-state index in [9.17, 15) is 0 Å². The van der Waals surface area contributed by atoms with Crippen LogP contribution in [0.3, 0.4) is 0 Å². The zero-order valence-electron chi connectivity index (χ0n) is 16.3. The van der Waals surface area contributed by atoms with Crippen LogP contribution in [0, 0.1) is 46.7 Å². The monoisotopic (exact) mass is 572 g/mol. The van der Waals surface area contributed by atoms with E-state index in [1.807, 2.05) is 2.71 Å². The van der Waals surface area contributed by atoms with Gasteiger partial charge in [0, 0.05) is 0 Å². The van der Waals surface area contributed by atoms with Crippen LogP contribution in [0.4, 0.5) is 0 Å². The summed E-state index contributed by atoms with van der Waals surface area (Å²) in [6.45, 7) is 23.8. The molecular weight excluding hydrogens is 543 g/mol. The van der Waals surface area contributed by atoms with Gasteiger partial charge < -0.3 is 24.8 Å². The largest absolute Gasteiger partial charge is 1.00 e. The fourth-order valence-electron chi connectivity index (χ4n) is 3.81. The van der Waals surface area contributed by atoms with Crippen molar-refractivity contribution in [1.82, 2.24) is 0 Å². The number of rotatable bonds is 2. The van der Waals surface area contributed by atoms with Gasteiger partial charge in [0.2, 0.25) is 0 Å². The van der Waals surface area contributed by atoms with E-state index in [2.05, 4.69) is 69.2 Å². The van der Waals surface area contributed by atoms with E-state index in [-0.39, 0.29) is 24.8 Å². The van der Waals surface area contributed by atoms with Gasteiger partial charge in [0.1, 0.15) is 0 Å². The van der Waals surface area contributed by atoms with Crippen molar-refractivity contribution in [2.24, 2.45) is 10.8 Å². The summed E-state index contributed by atoms with van der Waals surface area (Å²) in [5.74, 6) is 0. The maximum absolute atomic E-state index is 2.44. The van der Waals surface area contributed by atoms with Gasteiger partial charge in [0.25, 0.3) is 0 Å². The molecule has 0 saturated heterocycles. The summed E-state index contributed by atoms with van der Waals surface area (Å²) >= 11 is -1.16. The quantitative estimate of drug-likeness (QED) is 0.449. The van der Waals surface area contributed by atoms with Crippen LogP contribution in [-0.2, 0) is 0 Å². The third-order valence-corrected chi connectivity index (χ3v) is 16.6. The molecule has 0 heterocycles. The van der Waals surface area contributed by atoms with Crippen molar-refractivity contribution in [3.05, 3.63) is 36.1 Å². The van der Waals surface area contributed by atoms with E-state index in [1.54, 1.807) is 33.4 Å². The summed E-state index contributed by atoms with van der Waals surface area (Å²) in [6, 6.07) is 0. The molecule has 2 rings (SSSR count). The standard InChI is InChI=1S/2C10H15.2ClH.Th/c2*1-7-6-10(4,5)9(3)8(7)2;;;/h2*1-5H3;2*1H;/q;;;;+2/p-2. The van der Waals surface area contributed by atoms with Crippen LogP contribution < -0.4 is 24.8 Å². The van der Waals surface area contributed by atoms with Crippen LogP contribution in [0.2, 0.25) is 0 Å². The van der Waals surface area contributed by atoms with Crippen LogP contribution in [0.15, 0.2) is 36.1 Å². The Kier molecular flexibility index (Phi) is 7.91. The summed E-state index contributed by atoms with van der Waals surface area (Å²) in [4.78, 5) is 0. The van der Waals surface area contributed by atoms with E-state index in [1.165, 1.54) is 0 Å². The Balaban J connectivity index is 0.00000242. The SMILES string of the molecule is CC1=C(C)C(C)(C)[C]([Th+2][C]2=C(C)C(C)=C(C)C2(C)C)=C1C.[Cl-].[Cl-]. The minimum absolute atomic E-state index is 0. The number of allylic oxidation sites excluding steroid dienone is 8. The van der Waals surface area contributed by atoms with Crippen LogP contribution in [-0.4, -0.2) is 0 Å². The molecule has 0 aromatic rings. The molecule has 0 saturated carbocycles. The first kappa shape index (κ1) is 23.9. The first-order valence-corrected chi connectivity index (χ1v) is 12.1. The molecule has 0 nitrogen and oxygen atoms in total. The molecule has 23 heavy (non-hydrogen) atoms. The van der Waals surface area contributed by atoms with Gasteiger partial charge >= 0.3 is 152 Å². The molecule has 2 aliphatic carbocycles. The Morgan fingerprint density at radius 2 is 0.783 bits per heavy atom. The van der Waals surface area contributed by atoms with E-state index in [0.29, 0.717) is 10.8 Å². The van der Waals surface area contributed by atoms with Crippen molar-refractivity contribution in [2.75, 3.05) is 0 Å². The molecule has 128 valence electrons. The topological polar surface area (TPSA) is 0 Å². The van der Waals surface area contributed by atoms with Gasteiger partial charge in [0.15, 0.2) is 0 Å². The second kappa shape index (κ2) is 7.62. The average molecular weight is 573 g/mol. The van der Waals surface area contributed by atoms with Gasteiger partial charge in [-0.2, -0.15) is 0 Å². The summed E-state index contributed by atoms with van der Waals surface area (Å²) < 4.78 is 3.67. The molecule has 0 radical (unpaired) electrons. The molecule has 0 aromatic carbocycles. The fourth-order valence-corrected chi connectivity index (χ4v) is 12.0. The van der Waals surface area contributed by atoms with Gasteiger partial charge in [-0.25, -0.2) is 0 Å². The molecule has 0 spiro atoms. The van der Waals surface area contributed by atoms with Crippen molar-refractivity contribution in [1.29, 1.82) is 0 Å². The number of hydrogen-bond acceptors (Lipinski definition) is 0. The van der Waals surface area contributed by atoms with E-state index < -0.39 is 35.9 Å². The fraction of sp³-hybridized carbons (Fsp3) is 0.600. The van der Waals surface area contributed by atoms with Crippen LogP contribution in [0.25, 0.3) is 0 Å². The van der Waals surface area contributed by atoms with Crippen LogP contribution >= 0.6 is 0 Å². The molecule has 0 amide bonds. The first-order valence-electron chi connectivity index (χ1n) is 8.00. The molecule has 3 heteroatoms. The van der Waals surface area contributed by atoms with Gasteiger partial charge in [-0.3, -0.25) is 0 Å². The summed E-state index contributed by atoms with van der Waals surface area (Å²) in [7, 11) is 0. The second-order valence-corrected chi connectivity index (χ2v) is 13.0. The third kappa shape index (κ3) is 3.56. The van der Waals surface area contributed by atoms with Crippen LogP contribution in [0.1, 0.15) is 69.2 Å². The van der Waals surface area contributed by atoms with Crippen molar-refractivity contribution < 1.29 is 60.7 Å². The maximum atomic E-state index is 2.44. The predicted octanol–water partition coefficient (Wildman–Crippen LogP) is 0.380. The Morgan fingerprint density at radius 1 is 0.522 bits per heavy atom. The van der Waals surface area contributed by atoms with Crippen LogP contribution in [0.5, 0.6) is 0 Å². The van der Waals surface area contributed by atoms with Crippen molar-refractivity contribution in [3.63, 3.8) is 0 Å². The Bertz CT molecular complexity index is 585. The van der Waals surface area contributed by atoms with Crippen molar-refractivity contribution >= 4 is 0 Å². The van der Waals surface area contributed by atoms with Crippen molar-refractivity contribution in [2.45, 2.75) is 69.2 Å². The smallest absolute Gasteiger partial charge is 1.00 e. The predicted molar refractivity (Wildman–Crippen MR) is 89.7 cm³/mol. The number of halogens is 2. The zero-order chi connectivity index (χ0) is 16.3. The Morgan fingerprint density at radius 3 is 0.957 bits per heavy atom. The molecule has 2 aliphatic rings. The molecule has 0 unspecified atom stereocenters. The molecule has 0 atom stereocenters. The maximum Gasteiger partial charge on any atom is -1.00 e. The number of hydrogen-bond donors (Lipinski definition) is 0. The van der Waals surface area contributed by atoms with Gasteiger partial charge in [-0.15, -0.1) is 0 Å². The summed E-state index contributed by atoms with van der Waals surface area (Å²) in [5.41, 5.74) is 10.2. The third-order valence-electron chi connectivity index (χ3n) is 6.38. The van der Waals surface area contributed by atoms with E-state index >= 15 is 0 Å². The van der Waals surface area contributed by atoms with Crippen molar-refractivity contribution in [3.8, 4) is 0 Å². The van der Waals surface area contributed by atoms with E-state index in [0.717, 1.165) is 0 Å². The zero-order valence-corrected chi connectivity index (χ0v) is 21.9.